The number of amides is 1. The van der Waals surface area contributed by atoms with Crippen LogP contribution in [0.2, 0.25) is 0 Å². The van der Waals surface area contributed by atoms with Crippen LogP contribution < -0.4 is 4.72 Å². The Morgan fingerprint density at radius 2 is 2.00 bits per heavy atom. The van der Waals surface area contributed by atoms with Crippen molar-refractivity contribution in [2.24, 2.45) is 0 Å². The average molecular weight is 363 g/mol. The number of carbonyl (C=O) groups excluding carboxylic acids is 1. The van der Waals surface area contributed by atoms with Crippen molar-refractivity contribution >= 4 is 21.6 Å². The fraction of sp³-hybridized carbons (Fsp3) is 0.294. The number of likely N-dealkylation sites (N-methyl/N-ethyl adjacent to an activating group) is 1. The minimum atomic E-state index is -3.93. The second kappa shape index (κ2) is 8.09. The van der Waals surface area contributed by atoms with Gasteiger partial charge in [-0.15, -0.1) is 0 Å². The van der Waals surface area contributed by atoms with Gasteiger partial charge in [0.25, 0.3) is 15.9 Å². The molecular formula is C17H21N3O4S. The van der Waals surface area contributed by atoms with Crippen molar-refractivity contribution in [1.82, 2.24) is 9.88 Å². The number of rotatable bonds is 7. The van der Waals surface area contributed by atoms with Crippen LogP contribution >= 0.6 is 0 Å². The van der Waals surface area contributed by atoms with Gasteiger partial charge in [0, 0.05) is 26.9 Å². The summed E-state index contributed by atoms with van der Waals surface area (Å²) in [6.45, 7) is 2.50. The van der Waals surface area contributed by atoms with Crippen molar-refractivity contribution in [3.05, 3.63) is 53.9 Å². The number of methoxy groups -OCH3 is 1. The molecule has 7 nitrogen and oxygen atoms in total. The summed E-state index contributed by atoms with van der Waals surface area (Å²) in [7, 11) is -0.795. The molecule has 0 saturated heterocycles. The Labute approximate surface area is 147 Å². The number of sulfonamides is 1. The second-order valence-electron chi connectivity index (χ2n) is 5.51. The molecule has 0 bridgehead atoms. The van der Waals surface area contributed by atoms with Crippen molar-refractivity contribution in [2.45, 2.75) is 11.8 Å². The fourth-order valence-electron chi connectivity index (χ4n) is 2.18. The van der Waals surface area contributed by atoms with Crippen LogP contribution in [0.3, 0.4) is 0 Å². The van der Waals surface area contributed by atoms with E-state index in [4.69, 9.17) is 4.74 Å². The van der Waals surface area contributed by atoms with Crippen LogP contribution in [0, 0.1) is 6.92 Å². The van der Waals surface area contributed by atoms with E-state index in [0.29, 0.717) is 18.8 Å². The summed E-state index contributed by atoms with van der Waals surface area (Å²) < 4.78 is 33.0. The van der Waals surface area contributed by atoms with Crippen molar-refractivity contribution in [3.63, 3.8) is 0 Å². The maximum Gasteiger partial charge on any atom is 0.262 e. The Hall–Kier alpha value is -2.45. The molecule has 2 rings (SSSR count). The lowest BCUT2D eigenvalue weighted by Crippen LogP contribution is -2.31. The Morgan fingerprint density at radius 3 is 2.68 bits per heavy atom. The molecule has 0 aliphatic rings. The number of ether oxygens (including phenoxy) is 1. The summed E-state index contributed by atoms with van der Waals surface area (Å²) in [6.07, 6.45) is 3.01. The molecule has 2 aromatic rings. The molecule has 1 aromatic carbocycles. The van der Waals surface area contributed by atoms with Crippen LogP contribution in [-0.2, 0) is 14.8 Å². The van der Waals surface area contributed by atoms with Crippen LogP contribution in [0.15, 0.2) is 47.6 Å². The van der Waals surface area contributed by atoms with Gasteiger partial charge in [0.1, 0.15) is 4.90 Å². The summed E-state index contributed by atoms with van der Waals surface area (Å²) in [4.78, 5) is 17.9. The van der Waals surface area contributed by atoms with E-state index in [1.807, 2.05) is 0 Å². The zero-order valence-electron chi connectivity index (χ0n) is 14.4. The van der Waals surface area contributed by atoms with E-state index in [-0.39, 0.29) is 16.4 Å². The van der Waals surface area contributed by atoms with Crippen LogP contribution in [0.4, 0.5) is 5.69 Å². The Kier molecular flexibility index (Phi) is 6.11. The Morgan fingerprint density at radius 1 is 1.28 bits per heavy atom. The van der Waals surface area contributed by atoms with Gasteiger partial charge >= 0.3 is 0 Å². The number of anilines is 1. The third-order valence-electron chi connectivity index (χ3n) is 3.67. The zero-order valence-corrected chi connectivity index (χ0v) is 15.2. The number of benzene rings is 1. The van der Waals surface area contributed by atoms with Crippen molar-refractivity contribution in [2.75, 3.05) is 32.0 Å². The molecule has 0 fully saturated rings. The first-order valence-electron chi connectivity index (χ1n) is 7.63. The normalized spacial score (nSPS) is 11.2. The number of hydrogen-bond acceptors (Lipinski definition) is 5. The molecular weight excluding hydrogens is 342 g/mol. The molecule has 0 unspecified atom stereocenters. The maximum atomic E-state index is 12.8. The van der Waals surface area contributed by atoms with E-state index in [1.165, 1.54) is 30.3 Å². The SMILES string of the molecule is COCCN(C)C(=O)c1ccccc1S(=O)(=O)Nc1cnccc1C. The smallest absolute Gasteiger partial charge is 0.262 e. The molecule has 1 heterocycles. The molecule has 1 aromatic heterocycles. The zero-order chi connectivity index (χ0) is 18.4. The lowest BCUT2D eigenvalue weighted by atomic mass is 10.2. The predicted molar refractivity (Wildman–Crippen MR) is 95.1 cm³/mol. The number of aryl methyl sites for hydroxylation is 1. The fourth-order valence-corrected chi connectivity index (χ4v) is 3.50. The Balaban J connectivity index is 2.36. The molecule has 8 heteroatoms. The summed E-state index contributed by atoms with van der Waals surface area (Å²) in [6, 6.07) is 7.82. The quantitative estimate of drug-likeness (QED) is 0.812. The molecule has 1 N–H and O–H groups in total. The van der Waals surface area contributed by atoms with E-state index in [2.05, 4.69) is 9.71 Å². The first-order chi connectivity index (χ1) is 11.9. The molecule has 0 spiro atoms. The molecule has 0 aliphatic carbocycles. The molecule has 0 aliphatic heterocycles. The summed E-state index contributed by atoms with van der Waals surface area (Å²) >= 11 is 0. The number of nitrogens with one attached hydrogen (secondary N) is 1. The van der Waals surface area contributed by atoms with Crippen molar-refractivity contribution in [1.29, 1.82) is 0 Å². The van der Waals surface area contributed by atoms with E-state index in [0.717, 1.165) is 5.56 Å². The highest BCUT2D eigenvalue weighted by Gasteiger charge is 2.24. The Bertz CT molecular complexity index is 852. The lowest BCUT2D eigenvalue weighted by molar-refractivity contribution is 0.0740. The predicted octanol–water partition coefficient (Wildman–Crippen LogP) is 1.91. The van der Waals surface area contributed by atoms with E-state index in [1.54, 1.807) is 38.4 Å². The van der Waals surface area contributed by atoms with Gasteiger partial charge in [-0.3, -0.25) is 14.5 Å². The maximum absolute atomic E-state index is 12.8. The van der Waals surface area contributed by atoms with Crippen molar-refractivity contribution in [3.8, 4) is 0 Å². The van der Waals surface area contributed by atoms with E-state index in [9.17, 15) is 13.2 Å². The third-order valence-corrected chi connectivity index (χ3v) is 5.09. The first-order valence-corrected chi connectivity index (χ1v) is 9.12. The summed E-state index contributed by atoms with van der Waals surface area (Å²) in [5, 5.41) is 0. The van der Waals surface area contributed by atoms with Crippen LogP contribution in [-0.4, -0.2) is 51.5 Å². The number of hydrogen-bond donors (Lipinski definition) is 1. The topological polar surface area (TPSA) is 88.6 Å². The van der Waals surface area contributed by atoms with E-state index >= 15 is 0 Å². The van der Waals surface area contributed by atoms with Gasteiger partial charge in [-0.2, -0.15) is 0 Å². The minimum absolute atomic E-state index is 0.0764. The lowest BCUT2D eigenvalue weighted by Gasteiger charge is -2.19. The van der Waals surface area contributed by atoms with Gasteiger partial charge in [-0.1, -0.05) is 12.1 Å². The van der Waals surface area contributed by atoms with Crippen LogP contribution in [0.1, 0.15) is 15.9 Å². The molecule has 0 atom stereocenters. The van der Waals surface area contributed by atoms with Gasteiger partial charge in [-0.25, -0.2) is 8.42 Å². The van der Waals surface area contributed by atoms with Gasteiger partial charge in [0.05, 0.1) is 24.1 Å². The van der Waals surface area contributed by atoms with Gasteiger partial charge in [-0.05, 0) is 30.7 Å². The monoisotopic (exact) mass is 363 g/mol. The van der Waals surface area contributed by atoms with Gasteiger partial charge < -0.3 is 9.64 Å². The largest absolute Gasteiger partial charge is 0.383 e. The molecule has 1 amide bonds. The average Bonchev–Trinajstić information content (AvgIpc) is 2.61. The minimum Gasteiger partial charge on any atom is -0.383 e. The van der Waals surface area contributed by atoms with Gasteiger partial charge in [0.2, 0.25) is 0 Å². The number of nitrogens with zero attached hydrogens (tertiary/aromatic N) is 2. The molecule has 0 saturated carbocycles. The molecule has 134 valence electrons. The summed E-state index contributed by atoms with van der Waals surface area (Å²) in [5.74, 6) is -0.388. The third kappa shape index (κ3) is 4.55. The highest BCUT2D eigenvalue weighted by molar-refractivity contribution is 7.92. The molecule has 0 radical (unpaired) electrons. The number of aromatic nitrogens is 1. The van der Waals surface area contributed by atoms with Crippen LogP contribution in [0.25, 0.3) is 0 Å². The van der Waals surface area contributed by atoms with E-state index < -0.39 is 10.0 Å². The van der Waals surface area contributed by atoms with Crippen LogP contribution in [0.5, 0.6) is 0 Å². The van der Waals surface area contributed by atoms with Gasteiger partial charge in [0.15, 0.2) is 0 Å². The number of carbonyl (C=O) groups is 1. The number of pyridine rings is 1. The first kappa shape index (κ1) is 18.9. The highest BCUT2D eigenvalue weighted by atomic mass is 32.2. The highest BCUT2D eigenvalue weighted by Crippen LogP contribution is 2.22. The standard InChI is InChI=1S/C17H21N3O4S/c1-13-8-9-18-12-15(13)19-25(22,23)16-7-5-4-6-14(16)17(21)20(2)10-11-24-3/h4-9,12,19H,10-11H2,1-3H3. The van der Waals surface area contributed by atoms with Crippen molar-refractivity contribution < 1.29 is 17.9 Å². The molecule has 25 heavy (non-hydrogen) atoms. The second-order valence-corrected chi connectivity index (χ2v) is 7.16. The summed E-state index contributed by atoms with van der Waals surface area (Å²) in [5.41, 5.74) is 1.22.